The van der Waals surface area contributed by atoms with E-state index in [0.717, 1.165) is 97.6 Å². The molecule has 1 fully saturated rings. The zero-order chi connectivity index (χ0) is 35.7. The maximum Gasteiger partial charge on any atom is 0.314 e. The number of unbranched alkanes of at least 4 members (excludes halogenated alkanes) is 3. The Morgan fingerprint density at radius 2 is 1.39 bits per heavy atom. The van der Waals surface area contributed by atoms with Crippen molar-refractivity contribution in [3.8, 4) is 28.7 Å². The molecule has 0 spiro atoms. The molecule has 51 heavy (non-hydrogen) atoms. The van der Waals surface area contributed by atoms with Crippen LogP contribution in [0.5, 0.6) is 28.7 Å². The van der Waals surface area contributed by atoms with Gasteiger partial charge in [0.1, 0.15) is 35.4 Å². The van der Waals surface area contributed by atoms with Gasteiger partial charge in [0.25, 0.3) is 0 Å². The lowest BCUT2D eigenvalue weighted by atomic mass is 9.87. The first kappa shape index (κ1) is 38.1. The van der Waals surface area contributed by atoms with Crippen molar-refractivity contribution in [1.29, 1.82) is 0 Å². The molecule has 0 heterocycles. The topological polar surface area (TPSA) is 90.9 Å². The van der Waals surface area contributed by atoms with E-state index in [1.807, 2.05) is 66.7 Å². The number of hydrogen-bond acceptors (Lipinski definition) is 9. The van der Waals surface area contributed by atoms with Crippen molar-refractivity contribution in [2.45, 2.75) is 57.5 Å². The van der Waals surface area contributed by atoms with Gasteiger partial charge in [-0.3, -0.25) is 4.79 Å². The Balaban J connectivity index is 1.17. The molecule has 0 unspecified atom stereocenters. The third-order valence-corrected chi connectivity index (χ3v) is 9.07. The van der Waals surface area contributed by atoms with Crippen LogP contribution >= 0.6 is 0 Å². The summed E-state index contributed by atoms with van der Waals surface area (Å²) in [6.45, 7) is 7.85. The Hall–Kier alpha value is -4.15. The summed E-state index contributed by atoms with van der Waals surface area (Å²) in [5.74, 6) is 2.99. The van der Waals surface area contributed by atoms with Crippen molar-refractivity contribution in [1.82, 2.24) is 0 Å². The molecule has 9 heteroatoms. The van der Waals surface area contributed by atoms with Gasteiger partial charge in [-0.25, -0.2) is 0 Å². The molecule has 0 N–H and O–H groups in total. The van der Waals surface area contributed by atoms with Crippen LogP contribution in [0, 0.1) is 5.92 Å². The van der Waals surface area contributed by atoms with Crippen LogP contribution < -0.4 is 18.9 Å². The van der Waals surface area contributed by atoms with Crippen LogP contribution in [0.25, 0.3) is 21.5 Å². The first-order valence-corrected chi connectivity index (χ1v) is 18.1. The van der Waals surface area contributed by atoms with Gasteiger partial charge in [-0.05, 0) is 115 Å². The summed E-state index contributed by atoms with van der Waals surface area (Å²) in [5, 5.41) is 3.84. The number of methoxy groups -OCH3 is 2. The van der Waals surface area contributed by atoms with Crippen LogP contribution in [0.15, 0.2) is 79.4 Å². The zero-order valence-corrected chi connectivity index (χ0v) is 30.1. The summed E-state index contributed by atoms with van der Waals surface area (Å²) in [6, 6.07) is 21.2. The van der Waals surface area contributed by atoms with Crippen LogP contribution in [-0.4, -0.2) is 72.5 Å². The summed E-state index contributed by atoms with van der Waals surface area (Å²) >= 11 is 0. The molecule has 0 aromatic heterocycles. The molecule has 0 aliphatic heterocycles. The number of fused-ring (bicyclic) bond motifs is 3. The van der Waals surface area contributed by atoms with E-state index in [9.17, 15) is 4.79 Å². The van der Waals surface area contributed by atoms with Crippen LogP contribution in [0.3, 0.4) is 0 Å². The van der Waals surface area contributed by atoms with Crippen molar-refractivity contribution in [3.63, 3.8) is 0 Å². The lowest BCUT2D eigenvalue weighted by molar-refractivity contribution is -0.141. The van der Waals surface area contributed by atoms with Gasteiger partial charge >= 0.3 is 5.97 Å². The molecule has 1 saturated carbocycles. The minimum atomic E-state index is -0.183. The van der Waals surface area contributed by atoms with E-state index < -0.39 is 0 Å². The monoisotopic (exact) mass is 700 g/mol. The molecule has 5 rings (SSSR count). The Morgan fingerprint density at radius 3 is 2.16 bits per heavy atom. The smallest absolute Gasteiger partial charge is 0.314 e. The number of esters is 1. The van der Waals surface area contributed by atoms with E-state index in [1.165, 1.54) is 0 Å². The van der Waals surface area contributed by atoms with Gasteiger partial charge in [0.2, 0.25) is 0 Å². The fourth-order valence-electron chi connectivity index (χ4n) is 6.30. The highest BCUT2D eigenvalue weighted by Gasteiger charge is 2.28. The van der Waals surface area contributed by atoms with E-state index in [0.29, 0.717) is 50.3 Å². The van der Waals surface area contributed by atoms with Gasteiger partial charge in [0, 0.05) is 25.7 Å². The summed E-state index contributed by atoms with van der Waals surface area (Å²) in [5.41, 5.74) is 0. The van der Waals surface area contributed by atoms with E-state index in [-0.39, 0.29) is 18.0 Å². The van der Waals surface area contributed by atoms with E-state index in [1.54, 1.807) is 20.3 Å². The average Bonchev–Trinajstić information content (AvgIpc) is 3.16. The fraction of sp³-hybridized carbons (Fsp3) is 0.452. The Morgan fingerprint density at radius 1 is 0.686 bits per heavy atom. The number of carbonyl (C=O) groups is 1. The third-order valence-electron chi connectivity index (χ3n) is 9.07. The Labute approximate surface area is 301 Å². The highest BCUT2D eigenvalue weighted by Crippen LogP contribution is 2.39. The molecule has 1 aliphatic carbocycles. The van der Waals surface area contributed by atoms with Gasteiger partial charge in [-0.2, -0.15) is 0 Å². The van der Waals surface area contributed by atoms with Crippen LogP contribution in [0.4, 0.5) is 0 Å². The molecule has 0 atom stereocenters. The zero-order valence-electron chi connectivity index (χ0n) is 30.1. The maximum absolute atomic E-state index is 13.2. The molecule has 0 radical (unpaired) electrons. The van der Waals surface area contributed by atoms with Gasteiger partial charge in [0.15, 0.2) is 0 Å². The van der Waals surface area contributed by atoms with Crippen LogP contribution in [0.1, 0.15) is 51.4 Å². The highest BCUT2D eigenvalue weighted by atomic mass is 16.5. The minimum absolute atomic E-state index is 0.130. The number of carbonyl (C=O) groups excluding carboxylic acids is 1. The third kappa shape index (κ3) is 11.7. The van der Waals surface area contributed by atoms with Crippen molar-refractivity contribution in [3.05, 3.63) is 79.4 Å². The van der Waals surface area contributed by atoms with Gasteiger partial charge in [-0.15, -0.1) is 6.58 Å². The highest BCUT2D eigenvalue weighted by molar-refractivity contribution is 6.11. The first-order chi connectivity index (χ1) is 25.1. The average molecular weight is 701 g/mol. The second kappa shape index (κ2) is 20.6. The summed E-state index contributed by atoms with van der Waals surface area (Å²) in [6.07, 6.45) is 9.68. The summed E-state index contributed by atoms with van der Waals surface area (Å²) in [4.78, 5) is 13.2. The Kier molecular flexibility index (Phi) is 15.4. The number of benzene rings is 4. The normalized spacial score (nSPS) is 15.9. The molecule has 0 bridgehead atoms. The van der Waals surface area contributed by atoms with Gasteiger partial charge < -0.3 is 37.9 Å². The van der Waals surface area contributed by atoms with E-state index in [4.69, 9.17) is 37.9 Å². The molecule has 9 nitrogen and oxygen atoms in total. The number of rotatable bonds is 22. The van der Waals surface area contributed by atoms with Crippen LogP contribution in [0.2, 0.25) is 0 Å². The molecule has 274 valence electrons. The van der Waals surface area contributed by atoms with Crippen molar-refractivity contribution in [2.75, 3.05) is 60.5 Å². The molecule has 0 saturated heterocycles. The van der Waals surface area contributed by atoms with E-state index in [2.05, 4.69) is 6.58 Å². The van der Waals surface area contributed by atoms with Gasteiger partial charge in [0.05, 0.1) is 45.6 Å². The van der Waals surface area contributed by atoms with Crippen LogP contribution in [-0.2, 0) is 23.7 Å². The SMILES string of the molecule is C=CCOCCCCCCOC1CCC(C(=O)Oc2ccc3c(c2)cc(Oc2ccc(OCCOCCOC)cc2)c2cc(OC)ccc23)CC1. The number of hydrogen-bond donors (Lipinski definition) is 0. The Bertz CT molecular complexity index is 1660. The van der Waals surface area contributed by atoms with E-state index >= 15 is 0 Å². The first-order valence-electron chi connectivity index (χ1n) is 18.1. The molecule has 4 aromatic rings. The largest absolute Gasteiger partial charge is 0.497 e. The molecule has 4 aromatic carbocycles. The molecular weight excluding hydrogens is 648 g/mol. The predicted molar refractivity (Wildman–Crippen MR) is 200 cm³/mol. The fourth-order valence-corrected chi connectivity index (χ4v) is 6.30. The number of ether oxygens (including phenoxy) is 8. The molecule has 1 aliphatic rings. The lowest BCUT2D eigenvalue weighted by Crippen LogP contribution is -2.29. The predicted octanol–water partition coefficient (Wildman–Crippen LogP) is 9.08. The van der Waals surface area contributed by atoms with Crippen molar-refractivity contribution < 1.29 is 42.7 Å². The second-order valence-electron chi connectivity index (χ2n) is 12.7. The minimum Gasteiger partial charge on any atom is -0.497 e. The lowest BCUT2D eigenvalue weighted by Gasteiger charge is -2.27. The second-order valence-corrected chi connectivity index (χ2v) is 12.7. The molecule has 0 amide bonds. The maximum atomic E-state index is 13.2. The van der Waals surface area contributed by atoms with Crippen molar-refractivity contribution >= 4 is 27.5 Å². The van der Waals surface area contributed by atoms with Crippen molar-refractivity contribution in [2.24, 2.45) is 5.92 Å². The standard InChI is InChI=1S/C42H52O9/c1-4-21-46-22-7-5-6-8-23-48-33-11-9-31(10-12-33)42(43)51-37-18-19-38-32(28-37)29-41(40-30-36(45-3)17-20-39(38)40)50-35-15-13-34(14-16-35)49-27-26-47-25-24-44-2/h4,13-20,28-31,33H,1,5-12,21-27H2,2-3H3. The van der Waals surface area contributed by atoms with Gasteiger partial charge in [-0.1, -0.05) is 25.0 Å². The summed E-state index contributed by atoms with van der Waals surface area (Å²) < 4.78 is 45.7. The quantitative estimate of drug-likeness (QED) is 0.0262. The molecular formula is C42H52O9. The summed E-state index contributed by atoms with van der Waals surface area (Å²) in [7, 11) is 3.30.